The number of aromatic nitrogens is 2. The van der Waals surface area contributed by atoms with Crippen molar-refractivity contribution in [1.29, 1.82) is 0 Å². The second-order valence-electron chi connectivity index (χ2n) is 4.55. The van der Waals surface area contributed by atoms with Crippen LogP contribution < -0.4 is 0 Å². The molecule has 4 nitrogen and oxygen atoms in total. The molecule has 0 spiro atoms. The Bertz CT molecular complexity index is 547. The van der Waals surface area contributed by atoms with Crippen molar-refractivity contribution in [3.63, 3.8) is 0 Å². The van der Waals surface area contributed by atoms with Crippen molar-refractivity contribution in [2.24, 2.45) is 0 Å². The molecule has 0 aliphatic rings. The zero-order chi connectivity index (χ0) is 13.7. The van der Waals surface area contributed by atoms with Gasteiger partial charge in [0.2, 0.25) is 0 Å². The van der Waals surface area contributed by atoms with E-state index in [1.54, 1.807) is 0 Å². The van der Waals surface area contributed by atoms with Crippen molar-refractivity contribution >= 4 is 5.97 Å². The van der Waals surface area contributed by atoms with Crippen LogP contribution in [0.2, 0.25) is 0 Å². The first-order valence-electron chi connectivity index (χ1n) is 6.55. The summed E-state index contributed by atoms with van der Waals surface area (Å²) >= 11 is 0. The number of aryl methyl sites for hydroxylation is 3. The van der Waals surface area contributed by atoms with Gasteiger partial charge in [-0.3, -0.25) is 0 Å². The fraction of sp³-hybridized carbons (Fsp3) is 0.333. The molecule has 0 unspecified atom stereocenters. The second kappa shape index (κ2) is 6.18. The smallest absolute Gasteiger partial charge is 0.356 e. The first-order valence-corrected chi connectivity index (χ1v) is 6.55. The third-order valence-electron chi connectivity index (χ3n) is 3.02. The van der Waals surface area contributed by atoms with Gasteiger partial charge in [-0.25, -0.2) is 9.78 Å². The van der Waals surface area contributed by atoms with E-state index >= 15 is 0 Å². The lowest BCUT2D eigenvalue weighted by Gasteiger charge is -2.00. The third kappa shape index (κ3) is 3.44. The van der Waals surface area contributed by atoms with Crippen molar-refractivity contribution in [1.82, 2.24) is 9.97 Å². The number of aromatic carboxylic acids is 1. The van der Waals surface area contributed by atoms with E-state index in [0.717, 1.165) is 30.8 Å². The third-order valence-corrected chi connectivity index (χ3v) is 3.02. The zero-order valence-electron chi connectivity index (χ0n) is 11.0. The fourth-order valence-electron chi connectivity index (χ4n) is 2.09. The predicted octanol–water partition coefficient (Wildman–Crippen LogP) is 2.85. The van der Waals surface area contributed by atoms with Crippen LogP contribution in [0.4, 0.5) is 0 Å². The summed E-state index contributed by atoms with van der Waals surface area (Å²) in [7, 11) is 0. The highest BCUT2D eigenvalue weighted by atomic mass is 16.4. The largest absolute Gasteiger partial charge is 0.476 e. The first-order chi connectivity index (χ1) is 9.20. The zero-order valence-corrected chi connectivity index (χ0v) is 11.0. The highest BCUT2D eigenvalue weighted by Crippen LogP contribution is 2.12. The second-order valence-corrected chi connectivity index (χ2v) is 4.55. The van der Waals surface area contributed by atoms with Crippen LogP contribution in [0.1, 0.15) is 40.9 Å². The molecule has 2 N–H and O–H groups in total. The lowest BCUT2D eigenvalue weighted by atomic mass is 10.1. The minimum atomic E-state index is -0.957. The molecular formula is C15H18N2O2. The van der Waals surface area contributed by atoms with Crippen molar-refractivity contribution in [2.45, 2.75) is 32.6 Å². The normalized spacial score (nSPS) is 10.6. The number of nitrogens with one attached hydrogen (secondary N) is 1. The summed E-state index contributed by atoms with van der Waals surface area (Å²) in [6, 6.07) is 10.0. The number of carbonyl (C=O) groups is 1. The maximum absolute atomic E-state index is 11.2. The Morgan fingerprint density at radius 3 is 2.58 bits per heavy atom. The topological polar surface area (TPSA) is 66.0 Å². The first kappa shape index (κ1) is 13.3. The number of rotatable bonds is 6. The van der Waals surface area contributed by atoms with Crippen LogP contribution in [0, 0.1) is 0 Å². The van der Waals surface area contributed by atoms with E-state index in [1.165, 1.54) is 5.56 Å². The van der Waals surface area contributed by atoms with Gasteiger partial charge in [0.1, 0.15) is 5.82 Å². The van der Waals surface area contributed by atoms with Gasteiger partial charge in [0.05, 0.1) is 5.69 Å². The van der Waals surface area contributed by atoms with Gasteiger partial charge in [-0.15, -0.1) is 0 Å². The summed E-state index contributed by atoms with van der Waals surface area (Å²) in [6.45, 7) is 2.05. The van der Waals surface area contributed by atoms with Crippen LogP contribution in [0.15, 0.2) is 30.3 Å². The number of hydrogen-bond donors (Lipinski definition) is 2. The van der Waals surface area contributed by atoms with Gasteiger partial charge in [-0.05, 0) is 24.8 Å². The van der Waals surface area contributed by atoms with Gasteiger partial charge < -0.3 is 10.1 Å². The van der Waals surface area contributed by atoms with E-state index in [0.29, 0.717) is 6.42 Å². The van der Waals surface area contributed by atoms with E-state index in [4.69, 9.17) is 5.11 Å². The minimum absolute atomic E-state index is 0.166. The molecule has 0 fully saturated rings. The van der Waals surface area contributed by atoms with Gasteiger partial charge in [-0.2, -0.15) is 0 Å². The molecule has 0 aliphatic heterocycles. The summed E-state index contributed by atoms with van der Waals surface area (Å²) in [5.41, 5.74) is 2.09. The average molecular weight is 258 g/mol. The molecule has 2 rings (SSSR count). The molecule has 1 aromatic heterocycles. The Balaban J connectivity index is 2.12. The highest BCUT2D eigenvalue weighted by Gasteiger charge is 2.15. The monoisotopic (exact) mass is 258 g/mol. The Morgan fingerprint density at radius 2 is 1.95 bits per heavy atom. The molecule has 0 bridgehead atoms. The molecule has 0 radical (unpaired) electrons. The summed E-state index contributed by atoms with van der Waals surface area (Å²) in [4.78, 5) is 18.5. The lowest BCUT2D eigenvalue weighted by molar-refractivity contribution is 0.0689. The quantitative estimate of drug-likeness (QED) is 0.837. The van der Waals surface area contributed by atoms with Gasteiger partial charge in [-0.1, -0.05) is 37.3 Å². The van der Waals surface area contributed by atoms with Crippen molar-refractivity contribution in [3.8, 4) is 0 Å². The van der Waals surface area contributed by atoms with E-state index in [9.17, 15) is 4.79 Å². The molecule has 0 amide bonds. The van der Waals surface area contributed by atoms with E-state index < -0.39 is 5.97 Å². The minimum Gasteiger partial charge on any atom is -0.476 e. The van der Waals surface area contributed by atoms with Gasteiger partial charge in [0, 0.05) is 6.42 Å². The Morgan fingerprint density at radius 1 is 1.21 bits per heavy atom. The lowest BCUT2D eigenvalue weighted by Crippen LogP contribution is -2.03. The van der Waals surface area contributed by atoms with Crippen molar-refractivity contribution in [3.05, 3.63) is 53.1 Å². The summed E-state index contributed by atoms with van der Waals surface area (Å²) in [5, 5.41) is 9.16. The Labute approximate surface area is 112 Å². The molecule has 1 aromatic carbocycles. The standard InChI is InChI=1S/C15H18N2O2/c1-2-6-13-16-12(14(17-13)15(18)19)10-9-11-7-4-3-5-8-11/h3-5,7-8H,2,6,9-10H2,1H3,(H,16,17)(H,18,19). The maximum atomic E-state index is 11.2. The average Bonchev–Trinajstić information content (AvgIpc) is 2.81. The maximum Gasteiger partial charge on any atom is 0.356 e. The predicted molar refractivity (Wildman–Crippen MR) is 73.4 cm³/mol. The number of carboxylic acids is 1. The summed E-state index contributed by atoms with van der Waals surface area (Å²) in [5.74, 6) is -0.190. The molecule has 0 aliphatic carbocycles. The summed E-state index contributed by atoms with van der Waals surface area (Å²) in [6.07, 6.45) is 3.22. The Kier molecular flexibility index (Phi) is 4.34. The molecule has 100 valence electrons. The molecule has 0 saturated heterocycles. The van der Waals surface area contributed by atoms with Crippen LogP contribution in [0.25, 0.3) is 0 Å². The Hall–Kier alpha value is -2.10. The van der Waals surface area contributed by atoms with E-state index in [2.05, 4.69) is 9.97 Å². The number of hydrogen-bond acceptors (Lipinski definition) is 2. The molecule has 2 aromatic rings. The number of imidazole rings is 1. The summed E-state index contributed by atoms with van der Waals surface area (Å²) < 4.78 is 0. The van der Waals surface area contributed by atoms with Crippen molar-refractivity contribution in [2.75, 3.05) is 0 Å². The molecule has 0 saturated carbocycles. The van der Waals surface area contributed by atoms with Crippen LogP contribution in [0.5, 0.6) is 0 Å². The van der Waals surface area contributed by atoms with Gasteiger partial charge in [0.15, 0.2) is 5.69 Å². The van der Waals surface area contributed by atoms with E-state index in [1.807, 2.05) is 37.3 Å². The van der Waals surface area contributed by atoms with Crippen LogP contribution in [-0.2, 0) is 19.3 Å². The molecule has 0 atom stereocenters. The van der Waals surface area contributed by atoms with Crippen LogP contribution in [-0.4, -0.2) is 21.0 Å². The number of H-pyrrole nitrogens is 1. The SMILES string of the molecule is CCCc1nc(C(=O)O)c(CCc2ccccc2)[nH]1. The number of aromatic amines is 1. The molecule has 1 heterocycles. The van der Waals surface area contributed by atoms with E-state index in [-0.39, 0.29) is 5.69 Å². The number of benzene rings is 1. The molecular weight excluding hydrogens is 240 g/mol. The van der Waals surface area contributed by atoms with Gasteiger partial charge >= 0.3 is 5.97 Å². The van der Waals surface area contributed by atoms with Crippen molar-refractivity contribution < 1.29 is 9.90 Å². The van der Waals surface area contributed by atoms with Crippen LogP contribution >= 0.6 is 0 Å². The number of nitrogens with zero attached hydrogens (tertiary/aromatic N) is 1. The highest BCUT2D eigenvalue weighted by molar-refractivity contribution is 5.86. The fourth-order valence-corrected chi connectivity index (χ4v) is 2.09. The molecule has 19 heavy (non-hydrogen) atoms. The van der Waals surface area contributed by atoms with Gasteiger partial charge in [0.25, 0.3) is 0 Å². The van der Waals surface area contributed by atoms with Crippen LogP contribution in [0.3, 0.4) is 0 Å². The number of carboxylic acid groups (broad SMARTS) is 1. The molecule has 4 heteroatoms.